The van der Waals surface area contributed by atoms with Gasteiger partial charge in [0.1, 0.15) is 22.9 Å². The SMILES string of the molecule is CC(=O)Nc1cccc(C(=O)N2CC3CN(C(=O)c4cccc(-c5nc6ccccc6[nH]5)n4)CC3C2)n1. The quantitative estimate of drug-likeness (QED) is 0.449. The number of imidazole rings is 1. The maximum atomic E-state index is 13.3. The predicted octanol–water partition coefficient (Wildman–Crippen LogP) is 2.82. The van der Waals surface area contributed by atoms with Crippen molar-refractivity contribution in [1.82, 2.24) is 29.7 Å². The van der Waals surface area contributed by atoms with Crippen molar-refractivity contribution in [3.8, 4) is 11.5 Å². The van der Waals surface area contributed by atoms with E-state index in [1.807, 2.05) is 41.3 Å². The second-order valence-corrected chi connectivity index (χ2v) is 9.54. The van der Waals surface area contributed by atoms with Crippen molar-refractivity contribution in [2.24, 2.45) is 11.8 Å². The predicted molar refractivity (Wildman–Crippen MR) is 137 cm³/mol. The number of fused-ring (bicyclic) bond motifs is 2. The summed E-state index contributed by atoms with van der Waals surface area (Å²) in [5.41, 5.74) is 3.06. The highest BCUT2D eigenvalue weighted by Gasteiger charge is 2.43. The Morgan fingerprint density at radius 1 is 0.784 bits per heavy atom. The van der Waals surface area contributed by atoms with Crippen molar-refractivity contribution in [2.45, 2.75) is 6.92 Å². The Bertz CT molecular complexity index is 1480. The first-order valence-corrected chi connectivity index (χ1v) is 12.2. The summed E-state index contributed by atoms with van der Waals surface area (Å²) in [4.78, 5) is 58.0. The van der Waals surface area contributed by atoms with Gasteiger partial charge < -0.3 is 20.1 Å². The molecule has 0 saturated carbocycles. The summed E-state index contributed by atoms with van der Waals surface area (Å²) < 4.78 is 0. The molecule has 3 amide bonds. The molecule has 37 heavy (non-hydrogen) atoms. The normalized spacial score (nSPS) is 18.7. The van der Waals surface area contributed by atoms with Gasteiger partial charge in [-0.2, -0.15) is 0 Å². The highest BCUT2D eigenvalue weighted by Crippen LogP contribution is 2.32. The van der Waals surface area contributed by atoms with Crippen LogP contribution < -0.4 is 5.32 Å². The topological polar surface area (TPSA) is 124 Å². The summed E-state index contributed by atoms with van der Waals surface area (Å²) in [5.74, 6) is 0.853. The summed E-state index contributed by atoms with van der Waals surface area (Å²) in [6.45, 7) is 3.67. The largest absolute Gasteiger partial charge is 0.337 e. The summed E-state index contributed by atoms with van der Waals surface area (Å²) in [7, 11) is 0. The van der Waals surface area contributed by atoms with Gasteiger partial charge in [-0.25, -0.2) is 15.0 Å². The third kappa shape index (κ3) is 4.42. The van der Waals surface area contributed by atoms with Crippen molar-refractivity contribution in [1.29, 1.82) is 0 Å². The molecule has 10 nitrogen and oxygen atoms in total. The van der Waals surface area contributed by atoms with Crippen LogP contribution in [0.3, 0.4) is 0 Å². The Labute approximate surface area is 212 Å². The van der Waals surface area contributed by atoms with E-state index in [0.29, 0.717) is 54.9 Å². The molecule has 2 fully saturated rings. The molecule has 0 bridgehead atoms. The molecule has 5 heterocycles. The number of aromatic amines is 1. The van der Waals surface area contributed by atoms with E-state index in [-0.39, 0.29) is 29.6 Å². The smallest absolute Gasteiger partial charge is 0.272 e. The highest BCUT2D eigenvalue weighted by atomic mass is 16.2. The van der Waals surface area contributed by atoms with Gasteiger partial charge in [0.25, 0.3) is 11.8 Å². The van der Waals surface area contributed by atoms with Crippen molar-refractivity contribution in [3.05, 3.63) is 72.1 Å². The van der Waals surface area contributed by atoms with Gasteiger partial charge in [-0.1, -0.05) is 24.3 Å². The number of carbonyl (C=O) groups is 3. The van der Waals surface area contributed by atoms with E-state index < -0.39 is 0 Å². The molecule has 2 unspecified atom stereocenters. The highest BCUT2D eigenvalue weighted by molar-refractivity contribution is 5.95. The molecule has 4 aromatic rings. The minimum atomic E-state index is -0.241. The van der Waals surface area contributed by atoms with Crippen LogP contribution in [0.25, 0.3) is 22.6 Å². The van der Waals surface area contributed by atoms with Crippen LogP contribution >= 0.6 is 0 Å². The molecule has 2 saturated heterocycles. The minimum Gasteiger partial charge on any atom is -0.337 e. The average Bonchev–Trinajstić information content (AvgIpc) is 3.61. The number of amides is 3. The molecule has 0 aliphatic carbocycles. The van der Waals surface area contributed by atoms with Crippen molar-refractivity contribution in [2.75, 3.05) is 31.5 Å². The van der Waals surface area contributed by atoms with Crippen LogP contribution in [-0.2, 0) is 4.79 Å². The molecule has 3 aromatic heterocycles. The standard InChI is InChI=1S/C27H25N7O3/c1-16(35)28-24-11-5-10-23(30-24)27(37)34-14-17-12-33(13-18(17)15-34)26(36)22-9-4-8-21(29-22)25-31-19-6-2-3-7-20(19)32-25/h2-11,17-18H,12-15H2,1H3,(H,31,32)(H,28,30,35). The fraction of sp³-hybridized carbons (Fsp3) is 0.259. The molecule has 0 spiro atoms. The zero-order valence-corrected chi connectivity index (χ0v) is 20.2. The van der Waals surface area contributed by atoms with Crippen molar-refractivity contribution < 1.29 is 14.4 Å². The van der Waals surface area contributed by atoms with Crippen LogP contribution in [0.2, 0.25) is 0 Å². The molecule has 2 N–H and O–H groups in total. The first kappa shape index (κ1) is 22.8. The van der Waals surface area contributed by atoms with Gasteiger partial charge in [-0.15, -0.1) is 0 Å². The second-order valence-electron chi connectivity index (χ2n) is 9.54. The Hall–Kier alpha value is -4.60. The van der Waals surface area contributed by atoms with Crippen LogP contribution in [-0.4, -0.2) is 73.6 Å². The lowest BCUT2D eigenvalue weighted by Crippen LogP contribution is -2.36. The monoisotopic (exact) mass is 495 g/mol. The van der Waals surface area contributed by atoms with Gasteiger partial charge in [0.2, 0.25) is 5.91 Å². The third-order valence-electron chi connectivity index (χ3n) is 6.93. The van der Waals surface area contributed by atoms with Gasteiger partial charge in [0.15, 0.2) is 5.82 Å². The van der Waals surface area contributed by atoms with E-state index in [9.17, 15) is 14.4 Å². The lowest BCUT2D eigenvalue weighted by molar-refractivity contribution is -0.114. The van der Waals surface area contributed by atoms with E-state index in [1.54, 1.807) is 29.2 Å². The van der Waals surface area contributed by atoms with E-state index in [2.05, 4.69) is 25.3 Å². The number of H-pyrrole nitrogens is 1. The van der Waals surface area contributed by atoms with Crippen LogP contribution in [0.5, 0.6) is 0 Å². The van der Waals surface area contributed by atoms with Crippen LogP contribution in [0, 0.1) is 11.8 Å². The molecule has 10 heteroatoms. The second kappa shape index (κ2) is 9.12. The molecule has 2 aliphatic rings. The van der Waals surface area contributed by atoms with E-state index in [1.165, 1.54) is 6.92 Å². The zero-order chi connectivity index (χ0) is 25.5. The van der Waals surface area contributed by atoms with E-state index in [0.717, 1.165) is 11.0 Å². The number of likely N-dealkylation sites (tertiary alicyclic amines) is 2. The van der Waals surface area contributed by atoms with Crippen LogP contribution in [0.1, 0.15) is 27.9 Å². The number of anilines is 1. The summed E-state index contributed by atoms with van der Waals surface area (Å²) >= 11 is 0. The van der Waals surface area contributed by atoms with Crippen molar-refractivity contribution >= 4 is 34.6 Å². The molecule has 2 atom stereocenters. The maximum Gasteiger partial charge on any atom is 0.272 e. The molecule has 1 aromatic carbocycles. The Morgan fingerprint density at radius 2 is 1.41 bits per heavy atom. The Kier molecular flexibility index (Phi) is 5.63. The summed E-state index contributed by atoms with van der Waals surface area (Å²) in [6.07, 6.45) is 0. The number of benzene rings is 1. The Morgan fingerprint density at radius 3 is 2.05 bits per heavy atom. The number of aromatic nitrogens is 4. The first-order chi connectivity index (χ1) is 17.9. The average molecular weight is 496 g/mol. The van der Waals surface area contributed by atoms with Gasteiger partial charge in [0, 0.05) is 44.9 Å². The number of nitrogens with zero attached hydrogens (tertiary/aromatic N) is 5. The first-order valence-electron chi connectivity index (χ1n) is 12.2. The molecule has 0 radical (unpaired) electrons. The molecular weight excluding hydrogens is 470 g/mol. The van der Waals surface area contributed by atoms with Gasteiger partial charge in [0.05, 0.1) is 11.0 Å². The van der Waals surface area contributed by atoms with Gasteiger partial charge >= 0.3 is 0 Å². The Balaban J connectivity index is 1.12. The molecule has 6 rings (SSSR count). The van der Waals surface area contributed by atoms with Gasteiger partial charge in [-0.3, -0.25) is 14.4 Å². The number of para-hydroxylation sites is 2. The number of pyridine rings is 2. The third-order valence-corrected chi connectivity index (χ3v) is 6.93. The molecule has 2 aliphatic heterocycles. The number of nitrogens with one attached hydrogen (secondary N) is 2. The van der Waals surface area contributed by atoms with E-state index in [4.69, 9.17) is 0 Å². The summed E-state index contributed by atoms with van der Waals surface area (Å²) in [5, 5.41) is 2.61. The fourth-order valence-electron chi connectivity index (χ4n) is 5.21. The zero-order valence-electron chi connectivity index (χ0n) is 20.2. The maximum absolute atomic E-state index is 13.3. The summed E-state index contributed by atoms with van der Waals surface area (Å²) in [6, 6.07) is 18.1. The molecular formula is C27H25N7O3. The fourth-order valence-corrected chi connectivity index (χ4v) is 5.21. The number of rotatable bonds is 4. The lowest BCUT2D eigenvalue weighted by Gasteiger charge is -2.21. The number of carbonyl (C=O) groups excluding carboxylic acids is 3. The van der Waals surface area contributed by atoms with E-state index >= 15 is 0 Å². The van der Waals surface area contributed by atoms with Gasteiger partial charge in [-0.05, 0) is 36.4 Å². The number of hydrogen-bond acceptors (Lipinski definition) is 6. The minimum absolute atomic E-state index is 0.116. The lowest BCUT2D eigenvalue weighted by atomic mass is 10.0. The van der Waals surface area contributed by atoms with Crippen LogP contribution in [0.15, 0.2) is 60.7 Å². The van der Waals surface area contributed by atoms with Crippen molar-refractivity contribution in [3.63, 3.8) is 0 Å². The number of hydrogen-bond donors (Lipinski definition) is 2. The van der Waals surface area contributed by atoms with Crippen LogP contribution in [0.4, 0.5) is 5.82 Å². The molecule has 186 valence electrons.